The third kappa shape index (κ3) is 4.01. The summed E-state index contributed by atoms with van der Waals surface area (Å²) in [5, 5.41) is 9.14. The van der Waals surface area contributed by atoms with Crippen molar-refractivity contribution in [2.24, 2.45) is 0 Å². The van der Waals surface area contributed by atoms with Crippen LogP contribution in [0.2, 0.25) is 0 Å². The summed E-state index contributed by atoms with van der Waals surface area (Å²) in [6, 6.07) is -0.980. The smallest absolute Gasteiger partial charge is 0.328 e. The van der Waals surface area contributed by atoms with Gasteiger partial charge < -0.3 is 19.6 Å². The first kappa shape index (κ1) is 16.1. The molecule has 1 saturated heterocycles. The molecule has 19 heavy (non-hydrogen) atoms. The molecule has 2 amide bonds. The van der Waals surface area contributed by atoms with Crippen LogP contribution in [0.4, 0.5) is 4.79 Å². The second kappa shape index (κ2) is 7.59. The molecule has 1 rings (SSSR count). The molecule has 2 atom stereocenters. The molecular formula is C12H22N2O4S. The average Bonchev–Trinajstić information content (AvgIpc) is 2.43. The van der Waals surface area contributed by atoms with Crippen LogP contribution in [0.15, 0.2) is 0 Å². The molecule has 0 aromatic rings. The van der Waals surface area contributed by atoms with Gasteiger partial charge in [-0.25, -0.2) is 9.59 Å². The Balaban J connectivity index is 2.75. The normalized spacial score (nSPS) is 21.0. The minimum Gasteiger partial charge on any atom is -0.480 e. The molecule has 0 saturated carbocycles. The second-order valence-electron chi connectivity index (χ2n) is 4.53. The number of nitrogens with zero attached hydrogens (tertiary/aromatic N) is 2. The fraction of sp³-hybridized carbons (Fsp3) is 0.833. The van der Waals surface area contributed by atoms with Crippen LogP contribution >= 0.6 is 11.8 Å². The lowest BCUT2D eigenvalue weighted by Crippen LogP contribution is -2.57. The molecule has 1 N–H and O–H groups in total. The van der Waals surface area contributed by atoms with Gasteiger partial charge in [-0.3, -0.25) is 0 Å². The summed E-state index contributed by atoms with van der Waals surface area (Å²) < 4.78 is 5.14. The van der Waals surface area contributed by atoms with Crippen molar-refractivity contribution in [2.45, 2.75) is 25.4 Å². The van der Waals surface area contributed by atoms with Crippen LogP contribution in [0.1, 0.15) is 13.3 Å². The number of ether oxygens (including phenoxy) is 1. The Morgan fingerprint density at radius 1 is 1.58 bits per heavy atom. The lowest BCUT2D eigenvalue weighted by atomic mass is 10.2. The molecule has 1 aliphatic rings. The summed E-state index contributed by atoms with van der Waals surface area (Å²) >= 11 is 1.68. The van der Waals surface area contributed by atoms with E-state index in [9.17, 15) is 9.59 Å². The minimum absolute atomic E-state index is 0.0637. The summed E-state index contributed by atoms with van der Waals surface area (Å²) in [4.78, 5) is 26.6. The van der Waals surface area contributed by atoms with Crippen molar-refractivity contribution < 1.29 is 19.4 Å². The predicted octanol–water partition coefficient (Wildman–Crippen LogP) is 0.965. The first-order valence-electron chi connectivity index (χ1n) is 6.35. The Bertz CT molecular complexity index is 327. The number of thioether (sulfide) groups is 1. The highest BCUT2D eigenvalue weighted by Gasteiger charge is 2.35. The quantitative estimate of drug-likeness (QED) is 0.817. The fourth-order valence-electron chi connectivity index (χ4n) is 2.09. The summed E-state index contributed by atoms with van der Waals surface area (Å²) in [7, 11) is 1.74. The average molecular weight is 290 g/mol. The number of urea groups is 1. The summed E-state index contributed by atoms with van der Waals surface area (Å²) in [6.45, 7) is 2.81. The Labute approximate surface area is 118 Å². The van der Waals surface area contributed by atoms with Crippen molar-refractivity contribution in [2.75, 3.05) is 38.8 Å². The van der Waals surface area contributed by atoms with E-state index in [1.54, 1.807) is 23.7 Å². The van der Waals surface area contributed by atoms with Crippen molar-refractivity contribution in [1.29, 1.82) is 0 Å². The summed E-state index contributed by atoms with van der Waals surface area (Å²) in [5.41, 5.74) is 0. The third-order valence-corrected chi connectivity index (χ3v) is 4.06. The standard InChI is InChI=1S/C12H22N2O4S/c1-4-9(8-19-3)13(2)12(17)14-5-6-18-7-10(14)11(15)16/h9-10H,4-8H2,1-3H3,(H,15,16). The molecule has 2 unspecified atom stereocenters. The van der Waals surface area contributed by atoms with Gasteiger partial charge in [0.05, 0.1) is 13.2 Å². The fourth-order valence-corrected chi connectivity index (χ4v) is 2.94. The van der Waals surface area contributed by atoms with Crippen LogP contribution < -0.4 is 0 Å². The highest BCUT2D eigenvalue weighted by molar-refractivity contribution is 7.98. The van der Waals surface area contributed by atoms with Crippen LogP contribution in [0.25, 0.3) is 0 Å². The van der Waals surface area contributed by atoms with Crippen molar-refractivity contribution in [3.8, 4) is 0 Å². The number of carboxylic acids is 1. The number of aliphatic carboxylic acids is 1. The first-order chi connectivity index (χ1) is 9.02. The lowest BCUT2D eigenvalue weighted by molar-refractivity contribution is -0.147. The second-order valence-corrected chi connectivity index (χ2v) is 5.44. The Morgan fingerprint density at radius 2 is 2.26 bits per heavy atom. The van der Waals surface area contributed by atoms with Gasteiger partial charge in [0, 0.05) is 25.4 Å². The minimum atomic E-state index is -1.01. The number of carboxylic acid groups (broad SMARTS) is 1. The van der Waals surface area contributed by atoms with Crippen molar-refractivity contribution in [1.82, 2.24) is 9.80 Å². The highest BCUT2D eigenvalue weighted by Crippen LogP contribution is 2.15. The molecule has 1 fully saturated rings. The maximum Gasteiger partial charge on any atom is 0.328 e. The molecule has 6 nitrogen and oxygen atoms in total. The van der Waals surface area contributed by atoms with Crippen LogP contribution in [-0.2, 0) is 9.53 Å². The zero-order valence-corrected chi connectivity index (χ0v) is 12.5. The van der Waals surface area contributed by atoms with Gasteiger partial charge in [-0.2, -0.15) is 11.8 Å². The van der Waals surface area contributed by atoms with E-state index in [2.05, 4.69) is 0 Å². The van der Waals surface area contributed by atoms with E-state index < -0.39 is 12.0 Å². The number of rotatable bonds is 5. The molecule has 0 aromatic carbocycles. The van der Waals surface area contributed by atoms with Crippen molar-refractivity contribution >= 4 is 23.8 Å². The number of amides is 2. The summed E-state index contributed by atoms with van der Waals surface area (Å²) in [5.74, 6) is -0.166. The molecular weight excluding hydrogens is 268 g/mol. The number of carbonyl (C=O) groups is 2. The van der Waals surface area contributed by atoms with Gasteiger partial charge in [0.25, 0.3) is 0 Å². The van der Waals surface area contributed by atoms with E-state index in [-0.39, 0.29) is 18.7 Å². The van der Waals surface area contributed by atoms with E-state index >= 15 is 0 Å². The molecule has 0 radical (unpaired) electrons. The van der Waals surface area contributed by atoms with Crippen LogP contribution in [0.3, 0.4) is 0 Å². The molecule has 7 heteroatoms. The van der Waals surface area contributed by atoms with Crippen molar-refractivity contribution in [3.05, 3.63) is 0 Å². The largest absolute Gasteiger partial charge is 0.480 e. The molecule has 1 aliphatic heterocycles. The first-order valence-corrected chi connectivity index (χ1v) is 7.75. The van der Waals surface area contributed by atoms with E-state index in [0.29, 0.717) is 13.2 Å². The topological polar surface area (TPSA) is 70.1 Å². The zero-order valence-electron chi connectivity index (χ0n) is 11.7. The zero-order chi connectivity index (χ0) is 14.4. The van der Waals surface area contributed by atoms with E-state index in [1.807, 2.05) is 13.2 Å². The van der Waals surface area contributed by atoms with Gasteiger partial charge in [-0.15, -0.1) is 0 Å². The van der Waals surface area contributed by atoms with E-state index in [4.69, 9.17) is 9.84 Å². The van der Waals surface area contributed by atoms with Gasteiger partial charge in [-0.05, 0) is 12.7 Å². The van der Waals surface area contributed by atoms with Gasteiger partial charge >= 0.3 is 12.0 Å². The molecule has 0 aromatic heterocycles. The maximum atomic E-state index is 12.4. The summed E-state index contributed by atoms with van der Waals surface area (Å²) in [6.07, 6.45) is 2.85. The SMILES string of the molecule is CCC(CSC)N(C)C(=O)N1CCOCC1C(=O)O. The number of carbonyl (C=O) groups excluding carboxylic acids is 1. The Morgan fingerprint density at radius 3 is 2.79 bits per heavy atom. The van der Waals surface area contributed by atoms with Gasteiger partial charge in [-0.1, -0.05) is 6.92 Å². The molecule has 0 aliphatic carbocycles. The Hall–Kier alpha value is -0.950. The lowest BCUT2D eigenvalue weighted by Gasteiger charge is -2.38. The van der Waals surface area contributed by atoms with Gasteiger partial charge in [0.15, 0.2) is 6.04 Å². The van der Waals surface area contributed by atoms with Crippen LogP contribution in [0, 0.1) is 0 Å². The molecule has 0 spiro atoms. The van der Waals surface area contributed by atoms with Crippen LogP contribution in [-0.4, -0.2) is 77.8 Å². The van der Waals surface area contributed by atoms with E-state index in [1.165, 1.54) is 4.90 Å². The number of hydrogen-bond acceptors (Lipinski definition) is 4. The highest BCUT2D eigenvalue weighted by atomic mass is 32.2. The number of hydrogen-bond donors (Lipinski definition) is 1. The monoisotopic (exact) mass is 290 g/mol. The molecule has 110 valence electrons. The number of morpholine rings is 1. The predicted molar refractivity (Wildman–Crippen MR) is 74.6 cm³/mol. The van der Waals surface area contributed by atoms with Gasteiger partial charge in [0.2, 0.25) is 0 Å². The van der Waals surface area contributed by atoms with Crippen LogP contribution in [0.5, 0.6) is 0 Å². The molecule has 1 heterocycles. The van der Waals surface area contributed by atoms with E-state index in [0.717, 1.165) is 12.2 Å². The Kier molecular flexibility index (Phi) is 6.44. The maximum absolute atomic E-state index is 12.4. The molecule has 0 bridgehead atoms. The van der Waals surface area contributed by atoms with Crippen molar-refractivity contribution in [3.63, 3.8) is 0 Å². The third-order valence-electron chi connectivity index (χ3n) is 3.34. The van der Waals surface area contributed by atoms with Gasteiger partial charge in [0.1, 0.15) is 0 Å².